The molecule has 0 bridgehead atoms. The van der Waals surface area contributed by atoms with E-state index in [9.17, 15) is 9.59 Å². The van der Waals surface area contributed by atoms with Gasteiger partial charge in [0.25, 0.3) is 0 Å². The Morgan fingerprint density at radius 2 is 2.10 bits per heavy atom. The van der Waals surface area contributed by atoms with E-state index in [1.807, 2.05) is 4.90 Å². The van der Waals surface area contributed by atoms with Gasteiger partial charge >= 0.3 is 12.0 Å². The van der Waals surface area contributed by atoms with Crippen molar-refractivity contribution < 1.29 is 14.7 Å². The van der Waals surface area contributed by atoms with Crippen LogP contribution in [0.2, 0.25) is 0 Å². The smallest absolute Gasteiger partial charge is 0.335 e. The summed E-state index contributed by atoms with van der Waals surface area (Å²) >= 11 is 0. The second kappa shape index (κ2) is 6.61. The van der Waals surface area contributed by atoms with E-state index in [0.717, 1.165) is 25.1 Å². The summed E-state index contributed by atoms with van der Waals surface area (Å²) in [6.45, 7) is 5.41. The fourth-order valence-corrected chi connectivity index (χ4v) is 2.29. The van der Waals surface area contributed by atoms with E-state index >= 15 is 0 Å². The Bertz CT molecular complexity index is 538. The third-order valence-electron chi connectivity index (χ3n) is 3.67. The van der Waals surface area contributed by atoms with E-state index in [4.69, 9.17) is 5.11 Å². The molecule has 0 unspecified atom stereocenters. The number of carboxylic acid groups (broad SMARTS) is 1. The van der Waals surface area contributed by atoms with E-state index in [1.54, 1.807) is 19.1 Å². The van der Waals surface area contributed by atoms with Crippen molar-refractivity contribution in [1.29, 1.82) is 0 Å². The van der Waals surface area contributed by atoms with Crippen molar-refractivity contribution in [2.45, 2.75) is 33.1 Å². The number of carboxylic acids is 1. The molecule has 0 aliphatic heterocycles. The Kier molecular flexibility index (Phi) is 4.83. The molecule has 0 spiro atoms. The highest BCUT2D eigenvalue weighted by Crippen LogP contribution is 2.30. The number of nitrogens with one attached hydrogen (secondary N) is 1. The van der Waals surface area contributed by atoms with E-state index in [1.165, 1.54) is 18.9 Å². The summed E-state index contributed by atoms with van der Waals surface area (Å²) in [5.74, 6) is -0.310. The molecule has 0 atom stereocenters. The first-order chi connectivity index (χ1) is 10.0. The van der Waals surface area contributed by atoms with Gasteiger partial charge in [-0.3, -0.25) is 0 Å². The van der Waals surface area contributed by atoms with E-state index in [2.05, 4.69) is 12.2 Å². The minimum atomic E-state index is -0.961. The molecule has 0 heterocycles. The Balaban J connectivity index is 2.04. The van der Waals surface area contributed by atoms with Gasteiger partial charge in [-0.05, 0) is 55.9 Å². The zero-order chi connectivity index (χ0) is 15.4. The molecule has 114 valence electrons. The second-order valence-corrected chi connectivity index (χ2v) is 5.65. The lowest BCUT2D eigenvalue weighted by Crippen LogP contribution is -2.37. The van der Waals surface area contributed by atoms with Gasteiger partial charge in [0.2, 0.25) is 0 Å². The molecule has 1 fully saturated rings. The first-order valence-electron chi connectivity index (χ1n) is 7.41. The van der Waals surface area contributed by atoms with Crippen molar-refractivity contribution in [3.63, 3.8) is 0 Å². The normalized spacial score (nSPS) is 13.8. The molecule has 21 heavy (non-hydrogen) atoms. The number of amides is 2. The topological polar surface area (TPSA) is 69.6 Å². The molecule has 1 aliphatic carbocycles. The van der Waals surface area contributed by atoms with Crippen molar-refractivity contribution >= 4 is 17.7 Å². The number of hydrogen-bond donors (Lipinski definition) is 2. The van der Waals surface area contributed by atoms with Gasteiger partial charge in [-0.1, -0.05) is 6.92 Å². The molecular weight excluding hydrogens is 268 g/mol. The molecular formula is C16H22N2O3. The van der Waals surface area contributed by atoms with Crippen LogP contribution in [0, 0.1) is 12.8 Å². The van der Waals surface area contributed by atoms with Crippen LogP contribution in [-0.2, 0) is 0 Å². The van der Waals surface area contributed by atoms with Crippen LogP contribution in [0.1, 0.15) is 42.1 Å². The predicted octanol–water partition coefficient (Wildman–Crippen LogP) is 3.35. The lowest BCUT2D eigenvalue weighted by atomic mass is 10.1. The third-order valence-corrected chi connectivity index (χ3v) is 3.67. The van der Waals surface area contributed by atoms with Gasteiger partial charge in [0.05, 0.1) is 5.56 Å². The van der Waals surface area contributed by atoms with Crippen LogP contribution in [-0.4, -0.2) is 35.1 Å². The zero-order valence-electron chi connectivity index (χ0n) is 12.6. The van der Waals surface area contributed by atoms with Crippen LogP contribution in [0.15, 0.2) is 18.2 Å². The molecule has 0 radical (unpaired) electrons. The SMILES string of the molecule is CCCN(CC1CC1)C(=O)Nc1ccc(C(=O)O)cc1C. The maximum absolute atomic E-state index is 12.3. The minimum Gasteiger partial charge on any atom is -0.478 e. The van der Waals surface area contributed by atoms with E-state index in [-0.39, 0.29) is 11.6 Å². The number of aryl methyl sites for hydroxylation is 1. The molecule has 5 nitrogen and oxygen atoms in total. The lowest BCUT2D eigenvalue weighted by molar-refractivity contribution is 0.0697. The number of nitrogens with zero attached hydrogens (tertiary/aromatic N) is 1. The second-order valence-electron chi connectivity index (χ2n) is 5.65. The highest BCUT2D eigenvalue weighted by atomic mass is 16.4. The average molecular weight is 290 g/mol. The van der Waals surface area contributed by atoms with Gasteiger partial charge < -0.3 is 15.3 Å². The van der Waals surface area contributed by atoms with Crippen LogP contribution in [0.25, 0.3) is 0 Å². The summed E-state index contributed by atoms with van der Waals surface area (Å²) in [7, 11) is 0. The molecule has 2 N–H and O–H groups in total. The predicted molar refractivity (Wildman–Crippen MR) is 81.7 cm³/mol. The number of carbonyl (C=O) groups excluding carboxylic acids is 1. The van der Waals surface area contributed by atoms with Gasteiger partial charge in [0, 0.05) is 18.8 Å². The molecule has 2 rings (SSSR count). The number of benzene rings is 1. The minimum absolute atomic E-state index is 0.102. The number of carbonyl (C=O) groups is 2. The summed E-state index contributed by atoms with van der Waals surface area (Å²) in [6, 6.07) is 4.63. The number of rotatable bonds is 6. The summed E-state index contributed by atoms with van der Waals surface area (Å²) in [4.78, 5) is 25.1. The van der Waals surface area contributed by atoms with Crippen molar-refractivity contribution in [2.75, 3.05) is 18.4 Å². The Morgan fingerprint density at radius 3 is 2.62 bits per heavy atom. The molecule has 0 saturated heterocycles. The number of anilines is 1. The van der Waals surface area contributed by atoms with Crippen LogP contribution >= 0.6 is 0 Å². The lowest BCUT2D eigenvalue weighted by Gasteiger charge is -2.23. The Labute approximate surface area is 125 Å². The summed E-state index contributed by atoms with van der Waals surface area (Å²) < 4.78 is 0. The molecule has 1 aromatic carbocycles. The molecule has 1 saturated carbocycles. The first-order valence-corrected chi connectivity index (χ1v) is 7.41. The van der Waals surface area contributed by atoms with Crippen molar-refractivity contribution in [3.8, 4) is 0 Å². The van der Waals surface area contributed by atoms with E-state index in [0.29, 0.717) is 11.6 Å². The summed E-state index contributed by atoms with van der Waals surface area (Å²) in [6.07, 6.45) is 3.34. The van der Waals surface area contributed by atoms with Crippen LogP contribution in [0.4, 0.5) is 10.5 Å². The summed E-state index contributed by atoms with van der Waals surface area (Å²) in [5.41, 5.74) is 1.65. The number of aromatic carboxylic acids is 1. The first kappa shape index (κ1) is 15.4. The van der Waals surface area contributed by atoms with Gasteiger partial charge in [0.15, 0.2) is 0 Å². The maximum atomic E-state index is 12.3. The van der Waals surface area contributed by atoms with Gasteiger partial charge in [-0.2, -0.15) is 0 Å². The highest BCUT2D eigenvalue weighted by molar-refractivity contribution is 5.92. The Hall–Kier alpha value is -2.04. The third kappa shape index (κ3) is 4.21. The fraction of sp³-hybridized carbons (Fsp3) is 0.500. The number of urea groups is 1. The fourth-order valence-electron chi connectivity index (χ4n) is 2.29. The van der Waals surface area contributed by atoms with Crippen LogP contribution in [0.5, 0.6) is 0 Å². The van der Waals surface area contributed by atoms with Crippen molar-refractivity contribution in [2.24, 2.45) is 5.92 Å². The molecule has 5 heteroatoms. The number of hydrogen-bond acceptors (Lipinski definition) is 2. The van der Waals surface area contributed by atoms with Gasteiger partial charge in [-0.15, -0.1) is 0 Å². The Morgan fingerprint density at radius 1 is 1.38 bits per heavy atom. The quantitative estimate of drug-likeness (QED) is 0.844. The molecule has 0 aromatic heterocycles. The zero-order valence-corrected chi connectivity index (χ0v) is 12.6. The van der Waals surface area contributed by atoms with E-state index < -0.39 is 5.97 Å². The van der Waals surface area contributed by atoms with Gasteiger partial charge in [-0.25, -0.2) is 9.59 Å². The molecule has 1 aromatic rings. The molecule has 1 aliphatic rings. The van der Waals surface area contributed by atoms with Crippen molar-refractivity contribution in [3.05, 3.63) is 29.3 Å². The van der Waals surface area contributed by atoms with Crippen LogP contribution in [0.3, 0.4) is 0 Å². The largest absolute Gasteiger partial charge is 0.478 e. The highest BCUT2D eigenvalue weighted by Gasteiger charge is 2.26. The average Bonchev–Trinajstić information content (AvgIpc) is 3.24. The monoisotopic (exact) mass is 290 g/mol. The maximum Gasteiger partial charge on any atom is 0.335 e. The molecule has 2 amide bonds. The van der Waals surface area contributed by atoms with Crippen LogP contribution < -0.4 is 5.32 Å². The standard InChI is InChI=1S/C16H22N2O3/c1-3-8-18(10-12-4-5-12)16(21)17-14-7-6-13(15(19)20)9-11(14)2/h6-7,9,12H,3-5,8,10H2,1-2H3,(H,17,21)(H,19,20). The summed E-state index contributed by atoms with van der Waals surface area (Å²) in [5, 5.41) is 11.8. The van der Waals surface area contributed by atoms with Crippen molar-refractivity contribution in [1.82, 2.24) is 4.90 Å². The van der Waals surface area contributed by atoms with Gasteiger partial charge in [0.1, 0.15) is 0 Å².